The van der Waals surface area contributed by atoms with Gasteiger partial charge in [0.2, 0.25) is 0 Å². The van der Waals surface area contributed by atoms with E-state index in [-0.39, 0.29) is 12.4 Å². The number of thiophene rings is 1. The Morgan fingerprint density at radius 3 is 2.54 bits per heavy atom. The maximum Gasteiger partial charge on any atom is 0.130 e. The van der Waals surface area contributed by atoms with Crippen LogP contribution in [-0.2, 0) is 5.60 Å². The summed E-state index contributed by atoms with van der Waals surface area (Å²) in [6, 6.07) is 7.93. The molecule has 3 rings (SSSR count). The number of rotatable bonds is 6. The summed E-state index contributed by atoms with van der Waals surface area (Å²) >= 11 is 1.56. The summed E-state index contributed by atoms with van der Waals surface area (Å²) in [5, 5.41) is 24.7. The number of ether oxygens (including phenoxy) is 1. The van der Waals surface area contributed by atoms with Crippen LogP contribution in [0.1, 0.15) is 18.4 Å². The minimum Gasteiger partial charge on any atom is -0.490 e. The van der Waals surface area contributed by atoms with Crippen molar-refractivity contribution < 1.29 is 19.3 Å². The molecule has 1 aliphatic heterocycles. The van der Waals surface area contributed by atoms with E-state index < -0.39 is 11.7 Å². The molecule has 1 fully saturated rings. The minimum atomic E-state index is -0.914. The van der Waals surface area contributed by atoms with Gasteiger partial charge in [-0.2, -0.15) is 0 Å². The van der Waals surface area contributed by atoms with Gasteiger partial charge in [-0.1, -0.05) is 12.1 Å². The van der Waals surface area contributed by atoms with Crippen LogP contribution in [0.5, 0.6) is 5.75 Å². The lowest BCUT2D eigenvalue weighted by molar-refractivity contribution is -0.0372. The fourth-order valence-corrected chi connectivity index (χ4v) is 3.60. The lowest BCUT2D eigenvalue weighted by Crippen LogP contribution is -2.46. The molecule has 1 aromatic heterocycles. The maximum absolute atomic E-state index is 13.0. The largest absolute Gasteiger partial charge is 0.490 e. The zero-order valence-corrected chi connectivity index (χ0v) is 14.2. The number of benzene rings is 1. The zero-order chi connectivity index (χ0) is 17.0. The number of nitrogens with zero attached hydrogens (tertiary/aromatic N) is 1. The average Bonchev–Trinajstić information content (AvgIpc) is 3.09. The van der Waals surface area contributed by atoms with Crippen LogP contribution in [0.25, 0.3) is 0 Å². The van der Waals surface area contributed by atoms with Gasteiger partial charge in [0.15, 0.2) is 0 Å². The molecule has 1 atom stereocenters. The Labute approximate surface area is 145 Å². The number of hydrogen-bond acceptors (Lipinski definition) is 5. The first-order chi connectivity index (χ1) is 11.5. The Morgan fingerprint density at radius 2 is 1.92 bits per heavy atom. The van der Waals surface area contributed by atoms with Crippen molar-refractivity contribution in [3.63, 3.8) is 0 Å². The van der Waals surface area contributed by atoms with Gasteiger partial charge in [-0.3, -0.25) is 0 Å². The molecule has 2 heterocycles. The molecule has 0 spiro atoms. The second kappa shape index (κ2) is 7.61. The van der Waals surface area contributed by atoms with E-state index in [1.807, 2.05) is 16.8 Å². The minimum absolute atomic E-state index is 0.259. The Kier molecular flexibility index (Phi) is 5.50. The third-order valence-electron chi connectivity index (χ3n) is 4.47. The van der Waals surface area contributed by atoms with Gasteiger partial charge in [-0.15, -0.1) is 11.3 Å². The van der Waals surface area contributed by atoms with Crippen LogP contribution < -0.4 is 4.74 Å². The SMILES string of the molecule is OC(COc1ccsc1)CN1CCC(O)(c2ccc(F)cc2)CC1. The van der Waals surface area contributed by atoms with Crippen LogP contribution >= 0.6 is 11.3 Å². The quantitative estimate of drug-likeness (QED) is 0.840. The van der Waals surface area contributed by atoms with Gasteiger partial charge in [-0.05, 0) is 42.0 Å². The van der Waals surface area contributed by atoms with Crippen LogP contribution in [-0.4, -0.2) is 47.5 Å². The molecule has 1 unspecified atom stereocenters. The highest BCUT2D eigenvalue weighted by molar-refractivity contribution is 7.08. The first kappa shape index (κ1) is 17.4. The summed E-state index contributed by atoms with van der Waals surface area (Å²) in [7, 11) is 0. The van der Waals surface area contributed by atoms with E-state index in [4.69, 9.17) is 4.74 Å². The normalized spacial score (nSPS) is 19.1. The molecule has 0 aliphatic carbocycles. The maximum atomic E-state index is 13.0. The molecule has 1 aromatic carbocycles. The van der Waals surface area contributed by atoms with Gasteiger partial charge < -0.3 is 19.8 Å². The van der Waals surface area contributed by atoms with E-state index in [1.165, 1.54) is 12.1 Å². The van der Waals surface area contributed by atoms with Crippen molar-refractivity contribution in [2.45, 2.75) is 24.5 Å². The van der Waals surface area contributed by atoms with Gasteiger partial charge in [0.25, 0.3) is 0 Å². The summed E-state index contributed by atoms with van der Waals surface area (Å²) in [6.45, 7) is 2.14. The molecule has 24 heavy (non-hydrogen) atoms. The molecular weight excluding hydrogens is 329 g/mol. The Balaban J connectivity index is 1.46. The van der Waals surface area contributed by atoms with Crippen molar-refractivity contribution in [3.05, 3.63) is 52.5 Å². The van der Waals surface area contributed by atoms with E-state index in [2.05, 4.69) is 4.90 Å². The van der Waals surface area contributed by atoms with Crippen LogP contribution in [0, 0.1) is 5.82 Å². The van der Waals surface area contributed by atoms with Gasteiger partial charge in [-0.25, -0.2) is 4.39 Å². The molecule has 4 nitrogen and oxygen atoms in total. The molecule has 0 saturated carbocycles. The van der Waals surface area contributed by atoms with Crippen molar-refractivity contribution in [1.82, 2.24) is 4.90 Å². The topological polar surface area (TPSA) is 52.9 Å². The summed E-state index contributed by atoms with van der Waals surface area (Å²) in [4.78, 5) is 2.12. The third kappa shape index (κ3) is 4.33. The lowest BCUT2D eigenvalue weighted by atomic mass is 9.84. The predicted molar refractivity (Wildman–Crippen MR) is 91.8 cm³/mol. The van der Waals surface area contributed by atoms with E-state index in [1.54, 1.807) is 23.5 Å². The molecular formula is C18H22FNO3S. The third-order valence-corrected chi connectivity index (χ3v) is 5.13. The smallest absolute Gasteiger partial charge is 0.130 e. The average molecular weight is 351 g/mol. The predicted octanol–water partition coefficient (Wildman–Crippen LogP) is 2.61. The summed E-state index contributed by atoms with van der Waals surface area (Å²) in [5.41, 5.74) is -0.160. The molecule has 130 valence electrons. The van der Waals surface area contributed by atoms with Gasteiger partial charge in [0.1, 0.15) is 24.3 Å². The molecule has 2 N–H and O–H groups in total. The van der Waals surface area contributed by atoms with Gasteiger partial charge in [0.05, 0.1) is 5.60 Å². The fraction of sp³-hybridized carbons (Fsp3) is 0.444. The Bertz CT molecular complexity index is 624. The Hall–Kier alpha value is -1.47. The molecule has 0 bridgehead atoms. The molecule has 1 saturated heterocycles. The number of halogens is 1. The molecule has 0 radical (unpaired) electrons. The number of aliphatic hydroxyl groups is 2. The van der Waals surface area contributed by atoms with E-state index in [9.17, 15) is 14.6 Å². The van der Waals surface area contributed by atoms with Crippen molar-refractivity contribution in [2.75, 3.05) is 26.2 Å². The van der Waals surface area contributed by atoms with E-state index >= 15 is 0 Å². The summed E-state index contributed by atoms with van der Waals surface area (Å²) < 4.78 is 18.5. The summed E-state index contributed by atoms with van der Waals surface area (Å²) in [5.74, 6) is 0.483. The van der Waals surface area contributed by atoms with Crippen LogP contribution in [0.15, 0.2) is 41.1 Å². The van der Waals surface area contributed by atoms with E-state index in [0.717, 1.165) is 11.3 Å². The van der Waals surface area contributed by atoms with Crippen molar-refractivity contribution in [3.8, 4) is 5.75 Å². The van der Waals surface area contributed by atoms with Crippen molar-refractivity contribution in [1.29, 1.82) is 0 Å². The lowest BCUT2D eigenvalue weighted by Gasteiger charge is -2.39. The second-order valence-corrected chi connectivity index (χ2v) is 7.04. The van der Waals surface area contributed by atoms with Crippen molar-refractivity contribution in [2.24, 2.45) is 0 Å². The number of hydrogen-bond donors (Lipinski definition) is 2. The zero-order valence-electron chi connectivity index (χ0n) is 13.4. The summed E-state index contributed by atoms with van der Waals surface area (Å²) in [6.07, 6.45) is 0.565. The monoisotopic (exact) mass is 351 g/mol. The first-order valence-electron chi connectivity index (χ1n) is 8.09. The van der Waals surface area contributed by atoms with Crippen LogP contribution in [0.4, 0.5) is 4.39 Å². The highest BCUT2D eigenvalue weighted by Gasteiger charge is 2.34. The molecule has 2 aromatic rings. The standard InChI is InChI=1S/C18H22FNO3S/c19-15-3-1-14(2-4-15)18(22)6-8-20(9-7-18)11-16(21)12-23-17-5-10-24-13-17/h1-5,10,13,16,21-22H,6-9,11-12H2. The van der Waals surface area contributed by atoms with Crippen LogP contribution in [0.2, 0.25) is 0 Å². The molecule has 0 amide bonds. The van der Waals surface area contributed by atoms with Gasteiger partial charge >= 0.3 is 0 Å². The number of likely N-dealkylation sites (tertiary alicyclic amines) is 1. The molecule has 6 heteroatoms. The van der Waals surface area contributed by atoms with Crippen molar-refractivity contribution >= 4 is 11.3 Å². The molecule has 1 aliphatic rings. The van der Waals surface area contributed by atoms with E-state index in [0.29, 0.717) is 32.5 Å². The number of piperidine rings is 1. The highest BCUT2D eigenvalue weighted by atomic mass is 32.1. The second-order valence-electron chi connectivity index (χ2n) is 6.26. The first-order valence-corrected chi connectivity index (χ1v) is 9.03. The number of β-amino-alcohol motifs (C(OH)–C–C–N with tert-alkyl or cyclic N) is 1. The highest BCUT2D eigenvalue weighted by Crippen LogP contribution is 2.32. The number of aliphatic hydroxyl groups excluding tert-OH is 1. The Morgan fingerprint density at radius 1 is 1.21 bits per heavy atom. The van der Waals surface area contributed by atoms with Crippen LogP contribution in [0.3, 0.4) is 0 Å². The fourth-order valence-electron chi connectivity index (χ4n) is 3.03. The van der Waals surface area contributed by atoms with Gasteiger partial charge in [0, 0.05) is 25.0 Å².